The van der Waals surface area contributed by atoms with Crippen LogP contribution in [0, 0.1) is 0 Å². The maximum Gasteiger partial charge on any atom is 0.471 e. The second kappa shape index (κ2) is 7.38. The SMILES string of the molecule is O=C(NC1CCCC1)c1cnn(Cc2ccc(-c3noc(C(F)(F)F)n3)s2)c1. The van der Waals surface area contributed by atoms with E-state index in [1.54, 1.807) is 23.0 Å². The number of alkyl halides is 3. The summed E-state index contributed by atoms with van der Waals surface area (Å²) in [7, 11) is 0. The first kappa shape index (κ1) is 18.7. The van der Waals surface area contributed by atoms with Gasteiger partial charge >= 0.3 is 12.1 Å². The Balaban J connectivity index is 1.41. The van der Waals surface area contributed by atoms with Gasteiger partial charge in [-0.1, -0.05) is 18.0 Å². The molecule has 0 saturated heterocycles. The monoisotopic (exact) mass is 411 g/mol. The molecule has 7 nitrogen and oxygen atoms in total. The maximum atomic E-state index is 12.6. The largest absolute Gasteiger partial charge is 0.471 e. The third-order valence-electron chi connectivity index (χ3n) is 4.45. The Bertz CT molecular complexity index is 972. The van der Waals surface area contributed by atoms with Gasteiger partial charge in [-0.2, -0.15) is 23.3 Å². The number of hydrogen-bond acceptors (Lipinski definition) is 6. The van der Waals surface area contributed by atoms with Gasteiger partial charge in [-0.25, -0.2) is 0 Å². The van der Waals surface area contributed by atoms with Gasteiger partial charge in [-0.05, 0) is 25.0 Å². The first-order chi connectivity index (χ1) is 13.4. The zero-order valence-electron chi connectivity index (χ0n) is 14.6. The third-order valence-corrected chi connectivity index (χ3v) is 5.52. The molecule has 0 bridgehead atoms. The number of halogens is 3. The number of amides is 1. The standard InChI is InChI=1S/C17H16F3N5O2S/c18-17(19,20)16-23-14(24-27-16)13-6-5-12(28-13)9-25-8-10(7-21-25)15(26)22-11-3-1-2-4-11/h5-8,11H,1-4,9H2,(H,22,26). The van der Waals surface area contributed by atoms with Gasteiger partial charge in [0.2, 0.25) is 5.82 Å². The normalized spacial score (nSPS) is 15.2. The molecular formula is C17H16F3N5O2S. The fraction of sp³-hybridized carbons (Fsp3) is 0.412. The van der Waals surface area contributed by atoms with Crippen molar-refractivity contribution in [1.29, 1.82) is 0 Å². The molecule has 0 unspecified atom stereocenters. The molecule has 28 heavy (non-hydrogen) atoms. The highest BCUT2D eigenvalue weighted by atomic mass is 32.1. The van der Waals surface area contributed by atoms with Crippen LogP contribution >= 0.6 is 11.3 Å². The first-order valence-electron chi connectivity index (χ1n) is 8.72. The minimum atomic E-state index is -4.67. The van der Waals surface area contributed by atoms with Gasteiger partial charge < -0.3 is 9.84 Å². The van der Waals surface area contributed by atoms with Crippen molar-refractivity contribution in [2.24, 2.45) is 0 Å². The van der Waals surface area contributed by atoms with Crippen LogP contribution in [0.15, 0.2) is 29.0 Å². The number of nitrogens with one attached hydrogen (secondary N) is 1. The second-order valence-electron chi connectivity index (χ2n) is 6.57. The van der Waals surface area contributed by atoms with Crippen molar-refractivity contribution in [3.8, 4) is 10.7 Å². The maximum absolute atomic E-state index is 12.6. The number of thiophene rings is 1. The van der Waals surface area contributed by atoms with Crippen molar-refractivity contribution in [2.45, 2.75) is 44.4 Å². The average molecular weight is 411 g/mol. The molecule has 1 saturated carbocycles. The summed E-state index contributed by atoms with van der Waals surface area (Å²) >= 11 is 1.23. The van der Waals surface area contributed by atoms with Crippen molar-refractivity contribution < 1.29 is 22.5 Å². The van der Waals surface area contributed by atoms with E-state index in [9.17, 15) is 18.0 Å². The Morgan fingerprint density at radius 2 is 2.11 bits per heavy atom. The Kier molecular flexibility index (Phi) is 4.92. The average Bonchev–Trinajstić information content (AvgIpc) is 3.42. The van der Waals surface area contributed by atoms with Gasteiger partial charge in [0, 0.05) is 17.1 Å². The number of carbonyl (C=O) groups is 1. The summed E-state index contributed by atoms with van der Waals surface area (Å²) in [5, 5.41) is 10.6. The van der Waals surface area contributed by atoms with Crippen LogP contribution in [0.3, 0.4) is 0 Å². The summed E-state index contributed by atoms with van der Waals surface area (Å²) in [6.07, 6.45) is 2.77. The molecule has 1 amide bonds. The molecule has 4 rings (SSSR count). The lowest BCUT2D eigenvalue weighted by molar-refractivity contribution is -0.159. The van der Waals surface area contributed by atoms with Gasteiger partial charge in [-0.15, -0.1) is 11.3 Å². The molecule has 148 valence electrons. The molecule has 1 aliphatic rings. The summed E-state index contributed by atoms with van der Waals surface area (Å²) in [6.45, 7) is 0.380. The van der Waals surface area contributed by atoms with Crippen LogP contribution in [-0.4, -0.2) is 31.9 Å². The van der Waals surface area contributed by atoms with Gasteiger partial charge in [0.25, 0.3) is 5.91 Å². The molecule has 0 aliphatic heterocycles. The molecule has 3 aromatic rings. The van der Waals surface area contributed by atoms with Crippen molar-refractivity contribution in [3.63, 3.8) is 0 Å². The number of hydrogen-bond donors (Lipinski definition) is 1. The van der Waals surface area contributed by atoms with Gasteiger partial charge in [0.15, 0.2) is 0 Å². The molecule has 1 aliphatic carbocycles. The number of carbonyl (C=O) groups excluding carboxylic acids is 1. The molecule has 0 atom stereocenters. The highest BCUT2D eigenvalue weighted by molar-refractivity contribution is 7.15. The number of aromatic nitrogens is 4. The van der Waals surface area contributed by atoms with Crippen LogP contribution in [0.4, 0.5) is 13.2 Å². The molecule has 0 aromatic carbocycles. The Labute approximate surface area is 161 Å². The van der Waals surface area contributed by atoms with Crippen LogP contribution in [-0.2, 0) is 12.7 Å². The quantitative estimate of drug-likeness (QED) is 0.691. The summed E-state index contributed by atoms with van der Waals surface area (Å²) in [6, 6.07) is 3.61. The fourth-order valence-corrected chi connectivity index (χ4v) is 4.01. The topological polar surface area (TPSA) is 85.8 Å². The van der Waals surface area contributed by atoms with Crippen LogP contribution in [0.2, 0.25) is 0 Å². The Morgan fingerprint density at radius 1 is 1.32 bits per heavy atom. The molecule has 0 radical (unpaired) electrons. The van der Waals surface area contributed by atoms with E-state index in [-0.39, 0.29) is 17.8 Å². The van der Waals surface area contributed by atoms with Crippen LogP contribution in [0.25, 0.3) is 10.7 Å². The molecule has 0 spiro atoms. The van der Waals surface area contributed by atoms with Gasteiger partial charge in [0.05, 0.1) is 23.2 Å². The van der Waals surface area contributed by atoms with Crippen molar-refractivity contribution in [1.82, 2.24) is 25.2 Å². The smallest absolute Gasteiger partial charge is 0.349 e. The Hall–Kier alpha value is -2.69. The molecule has 3 aromatic heterocycles. The van der Waals surface area contributed by atoms with Crippen molar-refractivity contribution >= 4 is 17.2 Å². The summed E-state index contributed by atoms with van der Waals surface area (Å²) < 4.78 is 43.6. The first-order valence-corrected chi connectivity index (χ1v) is 9.53. The lowest BCUT2D eigenvalue weighted by Crippen LogP contribution is -2.32. The number of nitrogens with zero attached hydrogens (tertiary/aromatic N) is 4. The van der Waals surface area contributed by atoms with Crippen LogP contribution < -0.4 is 5.32 Å². The van der Waals surface area contributed by atoms with E-state index in [1.807, 2.05) is 0 Å². The number of rotatable bonds is 5. The van der Waals surface area contributed by atoms with Gasteiger partial charge in [-0.3, -0.25) is 9.48 Å². The van der Waals surface area contributed by atoms with Crippen molar-refractivity contribution in [3.05, 3.63) is 40.9 Å². The molecular weight excluding hydrogens is 395 g/mol. The lowest BCUT2D eigenvalue weighted by atomic mass is 10.2. The highest BCUT2D eigenvalue weighted by Gasteiger charge is 2.38. The zero-order valence-corrected chi connectivity index (χ0v) is 15.4. The lowest BCUT2D eigenvalue weighted by Gasteiger charge is -2.10. The van der Waals surface area contributed by atoms with Crippen LogP contribution in [0.5, 0.6) is 0 Å². The molecule has 1 fully saturated rings. The fourth-order valence-electron chi connectivity index (χ4n) is 3.09. The van der Waals surface area contributed by atoms with E-state index in [0.717, 1.165) is 30.6 Å². The Morgan fingerprint density at radius 3 is 2.82 bits per heavy atom. The molecule has 11 heteroatoms. The van der Waals surface area contributed by atoms with E-state index in [2.05, 4.69) is 25.1 Å². The van der Waals surface area contributed by atoms with E-state index in [1.165, 1.54) is 17.5 Å². The summed E-state index contributed by atoms with van der Waals surface area (Å²) in [5.74, 6) is -1.63. The summed E-state index contributed by atoms with van der Waals surface area (Å²) in [5.41, 5.74) is 0.483. The van der Waals surface area contributed by atoms with E-state index in [4.69, 9.17) is 0 Å². The summed E-state index contributed by atoms with van der Waals surface area (Å²) in [4.78, 5) is 16.9. The zero-order chi connectivity index (χ0) is 19.7. The van der Waals surface area contributed by atoms with E-state index >= 15 is 0 Å². The predicted molar refractivity (Wildman–Crippen MR) is 93.7 cm³/mol. The van der Waals surface area contributed by atoms with Crippen molar-refractivity contribution in [2.75, 3.05) is 0 Å². The van der Waals surface area contributed by atoms with Gasteiger partial charge in [0.1, 0.15) is 0 Å². The van der Waals surface area contributed by atoms with Crippen LogP contribution in [0.1, 0.15) is 46.8 Å². The molecule has 1 N–H and O–H groups in total. The molecule has 3 heterocycles. The minimum Gasteiger partial charge on any atom is -0.349 e. The predicted octanol–water partition coefficient (Wildman–Crippen LogP) is 3.73. The third kappa shape index (κ3) is 4.08. The second-order valence-corrected chi connectivity index (χ2v) is 7.74. The minimum absolute atomic E-state index is 0.110. The van der Waals surface area contributed by atoms with E-state index in [0.29, 0.717) is 17.0 Å². The highest BCUT2D eigenvalue weighted by Crippen LogP contribution is 2.31. The van der Waals surface area contributed by atoms with E-state index < -0.39 is 12.1 Å².